The van der Waals surface area contributed by atoms with Gasteiger partial charge in [-0.05, 0) is 66.1 Å². The fraction of sp³-hybridized carbons (Fsp3) is 0.0556. The zero-order valence-corrected chi connectivity index (χ0v) is 22.0. The predicted molar refractivity (Wildman–Crippen MR) is 167 cm³/mol. The molecular formula is C36H24N2S. The fourth-order valence-electron chi connectivity index (χ4n) is 6.72. The highest BCUT2D eigenvalue weighted by molar-refractivity contribution is 8.00. The van der Waals surface area contributed by atoms with E-state index in [0.717, 1.165) is 6.42 Å². The standard InChI is InChI=1S/C36H24N2S/c1-5-13-31-25(9-1)26-10-2-6-14-32(26)37(31)23-17-19-35-29(21-23)30-22-24(18-20-36(30)39-35)38-33-15-7-3-11-27(33)28-12-4-8-16-34(28)38/h1-19,21-22,36H,20H2. The molecule has 0 fully saturated rings. The first-order valence-corrected chi connectivity index (χ1v) is 14.4. The summed E-state index contributed by atoms with van der Waals surface area (Å²) in [4.78, 5) is 1.38. The van der Waals surface area contributed by atoms with Crippen LogP contribution in [0.15, 0.2) is 132 Å². The monoisotopic (exact) mass is 516 g/mol. The summed E-state index contributed by atoms with van der Waals surface area (Å²) in [6.07, 6.45) is 5.91. The smallest absolute Gasteiger partial charge is 0.0541 e. The van der Waals surface area contributed by atoms with E-state index in [-0.39, 0.29) is 0 Å². The molecule has 0 saturated carbocycles. The van der Waals surface area contributed by atoms with E-state index in [1.54, 1.807) is 0 Å². The minimum atomic E-state index is 0.463. The number of hydrogen-bond donors (Lipinski definition) is 0. The van der Waals surface area contributed by atoms with Crippen molar-refractivity contribution in [3.05, 3.63) is 133 Å². The molecule has 3 heterocycles. The van der Waals surface area contributed by atoms with Crippen molar-refractivity contribution in [2.45, 2.75) is 16.6 Å². The molecule has 0 radical (unpaired) electrons. The largest absolute Gasteiger partial charge is 0.310 e. The molecule has 0 spiro atoms. The SMILES string of the molecule is C1=C2c3cc(-n4c5ccccc5c5ccccc54)ccc3SC2CC=C1n1c2ccccc2c2ccccc21. The summed E-state index contributed by atoms with van der Waals surface area (Å²) in [5.74, 6) is 0. The molecule has 1 aliphatic heterocycles. The van der Waals surface area contributed by atoms with Crippen LogP contribution in [0, 0.1) is 0 Å². The van der Waals surface area contributed by atoms with Crippen molar-refractivity contribution in [2.75, 3.05) is 0 Å². The van der Waals surface area contributed by atoms with Gasteiger partial charge in [0, 0.05) is 43.1 Å². The van der Waals surface area contributed by atoms with E-state index in [2.05, 4.69) is 137 Å². The summed E-state index contributed by atoms with van der Waals surface area (Å²) in [5.41, 5.74) is 10.4. The van der Waals surface area contributed by atoms with Gasteiger partial charge >= 0.3 is 0 Å². The zero-order valence-electron chi connectivity index (χ0n) is 21.2. The van der Waals surface area contributed by atoms with E-state index in [0.29, 0.717) is 5.25 Å². The molecule has 184 valence electrons. The molecule has 39 heavy (non-hydrogen) atoms. The second-order valence-corrected chi connectivity index (χ2v) is 11.7. The second kappa shape index (κ2) is 8.02. The van der Waals surface area contributed by atoms with Crippen molar-refractivity contribution in [1.82, 2.24) is 9.13 Å². The molecular weight excluding hydrogens is 492 g/mol. The van der Waals surface area contributed by atoms with Gasteiger partial charge in [-0.2, -0.15) is 0 Å². The zero-order chi connectivity index (χ0) is 25.5. The lowest BCUT2D eigenvalue weighted by Gasteiger charge is -2.19. The van der Waals surface area contributed by atoms with Gasteiger partial charge in [-0.3, -0.25) is 0 Å². The van der Waals surface area contributed by atoms with E-state index in [4.69, 9.17) is 0 Å². The van der Waals surface area contributed by atoms with E-state index in [1.807, 2.05) is 11.8 Å². The van der Waals surface area contributed by atoms with Gasteiger partial charge in [0.15, 0.2) is 0 Å². The summed E-state index contributed by atoms with van der Waals surface area (Å²) in [5, 5.41) is 5.68. The van der Waals surface area contributed by atoms with Gasteiger partial charge in [0.05, 0.1) is 22.1 Å². The maximum Gasteiger partial charge on any atom is 0.0541 e. The average molecular weight is 517 g/mol. The number of allylic oxidation sites excluding steroid dienone is 3. The molecule has 9 rings (SSSR count). The molecule has 2 aromatic heterocycles. The maximum absolute atomic E-state index is 2.45. The Hall–Kier alpha value is -4.47. The Morgan fingerprint density at radius 1 is 0.564 bits per heavy atom. The molecule has 5 aromatic carbocycles. The number of hydrogen-bond acceptors (Lipinski definition) is 1. The molecule has 1 unspecified atom stereocenters. The molecule has 0 N–H and O–H groups in total. The van der Waals surface area contributed by atoms with Gasteiger partial charge in [-0.1, -0.05) is 78.9 Å². The summed E-state index contributed by atoms with van der Waals surface area (Å²) >= 11 is 2.01. The second-order valence-electron chi connectivity index (χ2n) is 10.5. The van der Waals surface area contributed by atoms with Crippen LogP contribution in [-0.4, -0.2) is 14.4 Å². The van der Waals surface area contributed by atoms with Crippen LogP contribution < -0.4 is 0 Å². The summed E-state index contributed by atoms with van der Waals surface area (Å²) in [6, 6.07) is 42.1. The number of thioether (sulfide) groups is 1. The Morgan fingerprint density at radius 3 is 1.64 bits per heavy atom. The third-order valence-electron chi connectivity index (χ3n) is 8.41. The Labute approximate surface area is 230 Å². The fourth-order valence-corrected chi connectivity index (χ4v) is 8.00. The van der Waals surface area contributed by atoms with E-state index in [9.17, 15) is 0 Å². The average Bonchev–Trinajstić information content (AvgIpc) is 3.64. The molecule has 1 aliphatic carbocycles. The minimum absolute atomic E-state index is 0.463. The van der Waals surface area contributed by atoms with Crippen LogP contribution in [0.3, 0.4) is 0 Å². The molecule has 7 aromatic rings. The van der Waals surface area contributed by atoms with Crippen LogP contribution in [-0.2, 0) is 0 Å². The molecule has 3 heteroatoms. The van der Waals surface area contributed by atoms with E-state index >= 15 is 0 Å². The number of rotatable bonds is 2. The van der Waals surface area contributed by atoms with Crippen molar-refractivity contribution in [1.29, 1.82) is 0 Å². The first-order valence-electron chi connectivity index (χ1n) is 13.6. The molecule has 0 bridgehead atoms. The molecule has 1 atom stereocenters. The van der Waals surface area contributed by atoms with Crippen molar-refractivity contribution in [2.24, 2.45) is 0 Å². The Bertz CT molecular complexity index is 2080. The van der Waals surface area contributed by atoms with Crippen LogP contribution in [0.25, 0.3) is 60.6 Å². The van der Waals surface area contributed by atoms with Crippen LogP contribution in [0.1, 0.15) is 12.0 Å². The minimum Gasteiger partial charge on any atom is -0.310 e. The quantitative estimate of drug-likeness (QED) is 0.222. The van der Waals surface area contributed by atoms with Crippen LogP contribution in [0.4, 0.5) is 0 Å². The molecule has 0 amide bonds. The third kappa shape index (κ3) is 2.99. The number of nitrogens with zero attached hydrogens (tertiary/aromatic N) is 2. The Morgan fingerprint density at radius 2 is 1.08 bits per heavy atom. The van der Waals surface area contributed by atoms with Crippen LogP contribution in [0.2, 0.25) is 0 Å². The molecule has 2 aliphatic rings. The van der Waals surface area contributed by atoms with Gasteiger partial charge in [-0.15, -0.1) is 11.8 Å². The summed E-state index contributed by atoms with van der Waals surface area (Å²) in [6.45, 7) is 0. The highest BCUT2D eigenvalue weighted by atomic mass is 32.2. The first kappa shape index (κ1) is 21.5. The van der Waals surface area contributed by atoms with Gasteiger partial charge in [0.2, 0.25) is 0 Å². The first-order chi connectivity index (χ1) is 19.3. The lowest BCUT2D eigenvalue weighted by atomic mass is 9.95. The van der Waals surface area contributed by atoms with Gasteiger partial charge < -0.3 is 9.13 Å². The number of benzene rings is 5. The van der Waals surface area contributed by atoms with Gasteiger partial charge in [-0.25, -0.2) is 0 Å². The third-order valence-corrected chi connectivity index (χ3v) is 9.75. The molecule has 0 saturated heterocycles. The van der Waals surface area contributed by atoms with Gasteiger partial charge in [0.1, 0.15) is 0 Å². The molecule has 2 nitrogen and oxygen atoms in total. The number of fused-ring (bicyclic) bond motifs is 9. The van der Waals surface area contributed by atoms with Crippen molar-refractivity contribution < 1.29 is 0 Å². The normalized spacial score (nSPS) is 16.6. The van der Waals surface area contributed by atoms with Crippen molar-refractivity contribution in [3.63, 3.8) is 0 Å². The van der Waals surface area contributed by atoms with Crippen molar-refractivity contribution in [3.8, 4) is 5.69 Å². The number of aromatic nitrogens is 2. The van der Waals surface area contributed by atoms with Crippen molar-refractivity contribution >= 4 is 66.6 Å². The van der Waals surface area contributed by atoms with Crippen LogP contribution >= 0.6 is 11.8 Å². The van der Waals surface area contributed by atoms with Gasteiger partial charge in [0.25, 0.3) is 0 Å². The lowest BCUT2D eigenvalue weighted by Crippen LogP contribution is -2.07. The Balaban J connectivity index is 1.24. The van der Waals surface area contributed by atoms with E-state index < -0.39 is 0 Å². The summed E-state index contributed by atoms with van der Waals surface area (Å²) in [7, 11) is 0. The lowest BCUT2D eigenvalue weighted by molar-refractivity contribution is 1.06. The highest BCUT2D eigenvalue weighted by Gasteiger charge is 2.31. The number of para-hydroxylation sites is 4. The predicted octanol–water partition coefficient (Wildman–Crippen LogP) is 9.69. The van der Waals surface area contributed by atoms with Crippen LogP contribution in [0.5, 0.6) is 0 Å². The maximum atomic E-state index is 2.45. The van der Waals surface area contributed by atoms with E-state index in [1.165, 1.54) is 71.0 Å². The summed E-state index contributed by atoms with van der Waals surface area (Å²) < 4.78 is 4.88. The highest BCUT2D eigenvalue weighted by Crippen LogP contribution is 2.50. The Kier molecular flexibility index (Phi) is 4.41. The topological polar surface area (TPSA) is 9.86 Å².